The number of hydrogen-bond acceptors (Lipinski definition) is 7. The molecule has 0 radical (unpaired) electrons. The molecule has 220 valence electrons. The van der Waals surface area contributed by atoms with Gasteiger partial charge in [-0.3, -0.25) is 0 Å². The third-order valence-corrected chi connectivity index (χ3v) is 6.55. The largest absolute Gasteiger partial charge is 0.448 e. The summed E-state index contributed by atoms with van der Waals surface area (Å²) in [5.41, 5.74) is 12.3. The monoisotopic (exact) mass is 596 g/mol. The van der Waals surface area contributed by atoms with Gasteiger partial charge in [-0.1, -0.05) is 90.7 Å². The van der Waals surface area contributed by atoms with Gasteiger partial charge in [0.25, 0.3) is 0 Å². The van der Waals surface area contributed by atoms with Gasteiger partial charge in [0.1, 0.15) is 5.76 Å². The molecule has 4 aromatic rings. The van der Waals surface area contributed by atoms with Crippen molar-refractivity contribution in [1.29, 1.82) is 0 Å². The lowest BCUT2D eigenvalue weighted by molar-refractivity contribution is -1.92. The Morgan fingerprint density at radius 1 is 0.628 bits per heavy atom. The molecular weight excluding hydrogens is 564 g/mol. The van der Waals surface area contributed by atoms with Gasteiger partial charge in [0.15, 0.2) is 5.76 Å². The minimum absolute atomic E-state index is 0.675. The summed E-state index contributed by atoms with van der Waals surface area (Å²) in [7, 11) is 3.52. The fourth-order valence-corrected chi connectivity index (χ4v) is 4.39. The lowest BCUT2D eigenvalue weighted by Crippen LogP contribution is -2.58. The van der Waals surface area contributed by atoms with E-state index in [4.69, 9.17) is 23.4 Å². The molecule has 0 aromatic heterocycles. The van der Waals surface area contributed by atoms with Crippen molar-refractivity contribution in [2.75, 3.05) is 38.0 Å². The molecule has 0 spiro atoms. The highest BCUT2D eigenvalue weighted by atomic mass is 35.7. The van der Waals surface area contributed by atoms with Crippen molar-refractivity contribution in [3.05, 3.63) is 155 Å². The topological polar surface area (TPSA) is 105 Å². The third-order valence-electron chi connectivity index (χ3n) is 6.55. The van der Waals surface area contributed by atoms with Crippen LogP contribution >= 0.6 is 0 Å². The summed E-state index contributed by atoms with van der Waals surface area (Å²) in [6.45, 7) is 0. The summed E-state index contributed by atoms with van der Waals surface area (Å²) in [6, 6.07) is 37.8. The van der Waals surface area contributed by atoms with Crippen molar-refractivity contribution >= 4 is 28.3 Å². The number of rotatable bonds is 6. The van der Waals surface area contributed by atoms with Gasteiger partial charge in [0.05, 0.1) is 14.9 Å². The van der Waals surface area contributed by atoms with E-state index in [-0.39, 0.29) is 0 Å². The Labute approximate surface area is 254 Å². The van der Waals surface area contributed by atoms with E-state index in [1.165, 1.54) is 0 Å². The Morgan fingerprint density at radius 3 is 1.47 bits per heavy atom. The minimum Gasteiger partial charge on any atom is -0.448 e. The Morgan fingerprint density at radius 2 is 1.05 bits per heavy atom. The third kappa shape index (κ3) is 9.20. The zero-order valence-corrected chi connectivity index (χ0v) is 25.2. The number of allylic oxidation sites excluding steroid dienone is 3. The van der Waals surface area contributed by atoms with Gasteiger partial charge in [0, 0.05) is 50.7 Å². The molecule has 0 saturated carbocycles. The van der Waals surface area contributed by atoms with Crippen LogP contribution in [0.2, 0.25) is 0 Å². The number of benzene rings is 4. The van der Waals surface area contributed by atoms with Crippen LogP contribution in [-0.4, -0.2) is 32.8 Å². The molecule has 0 amide bonds. The molecule has 0 atom stereocenters. The molecule has 1 heterocycles. The quantitative estimate of drug-likeness (QED) is 0.338. The van der Waals surface area contributed by atoms with Gasteiger partial charge in [-0.25, -0.2) is 0 Å². The lowest BCUT2D eigenvalue weighted by atomic mass is 9.96. The maximum atomic E-state index is 8.60. The predicted molar refractivity (Wildman–Crippen MR) is 163 cm³/mol. The van der Waals surface area contributed by atoms with Crippen LogP contribution in [0.4, 0.5) is 11.4 Å². The first kappa shape index (κ1) is 31.3. The number of nitrogens with zero attached hydrogens (tertiary/aromatic N) is 2. The molecule has 8 heteroatoms. The van der Waals surface area contributed by atoms with Crippen molar-refractivity contribution in [3.8, 4) is 0 Å². The zero-order valence-electron chi connectivity index (χ0n) is 24.4. The summed E-state index contributed by atoms with van der Waals surface area (Å²) < 4.78 is 39.2. The van der Waals surface area contributed by atoms with Crippen molar-refractivity contribution in [1.82, 2.24) is 0 Å². The number of ether oxygens (including phenoxy) is 1. The normalized spacial score (nSPS) is 12.5. The second-order valence-corrected chi connectivity index (χ2v) is 10.9. The van der Waals surface area contributed by atoms with E-state index < -0.39 is 10.2 Å². The molecule has 1 aliphatic heterocycles. The molecule has 1 N–H and O–H groups in total. The van der Waals surface area contributed by atoms with Gasteiger partial charge in [0.2, 0.25) is 0 Å². The van der Waals surface area contributed by atoms with Crippen LogP contribution in [0.15, 0.2) is 133 Å². The van der Waals surface area contributed by atoms with Gasteiger partial charge in [-0.15, -0.1) is 0 Å². The van der Waals surface area contributed by atoms with Crippen molar-refractivity contribution < 1.29 is 33.6 Å². The SMILES string of the molecule is CN(C)c1ccc(C(=C=C2C=C(c3ccccc3)C=C(c3ccccc3)O2)c2ccc(N(C)C)cc2)cc1.[O-][Cl+3]([O-])([O-])O. The van der Waals surface area contributed by atoms with Gasteiger partial charge in [-0.2, -0.15) is 14.0 Å². The van der Waals surface area contributed by atoms with Crippen LogP contribution < -0.4 is 23.8 Å². The Balaban J connectivity index is 0.000000782. The second-order valence-electron chi connectivity index (χ2n) is 10.1. The van der Waals surface area contributed by atoms with Crippen LogP contribution in [0.3, 0.4) is 0 Å². The first-order valence-corrected chi connectivity index (χ1v) is 14.7. The number of hydrogen-bond donors (Lipinski definition) is 1. The summed E-state index contributed by atoms with van der Waals surface area (Å²) in [5.74, 6) is 1.48. The first-order chi connectivity index (χ1) is 20.5. The molecule has 0 unspecified atom stereocenters. The lowest BCUT2D eigenvalue weighted by Gasteiger charge is -2.18. The maximum absolute atomic E-state index is 8.60. The standard InChI is InChI=1S/C35H32N2O.ClHO4/c1-36(2)31-19-15-27(16-20-31)34(28-17-21-32(22-18-28)37(3)4)25-33-23-30(26-11-7-5-8-12-26)24-35(38-33)29-13-9-6-10-14-29;2-1(3,4)5/h5-24H,1-4H3;(H,2,3,4,5). The van der Waals surface area contributed by atoms with Crippen molar-refractivity contribution in [2.45, 2.75) is 0 Å². The Bertz CT molecular complexity index is 1570. The first-order valence-electron chi connectivity index (χ1n) is 13.4. The van der Waals surface area contributed by atoms with E-state index in [2.05, 4.69) is 141 Å². The molecule has 4 aromatic carbocycles. The van der Waals surface area contributed by atoms with Crippen molar-refractivity contribution in [3.63, 3.8) is 0 Å². The van der Waals surface area contributed by atoms with E-state index >= 15 is 0 Å². The van der Waals surface area contributed by atoms with E-state index in [9.17, 15) is 0 Å². The van der Waals surface area contributed by atoms with E-state index in [0.29, 0.717) is 5.76 Å². The summed E-state index contributed by atoms with van der Waals surface area (Å²) >= 11 is 0. The molecule has 7 nitrogen and oxygen atoms in total. The highest BCUT2D eigenvalue weighted by Gasteiger charge is 2.15. The highest BCUT2D eigenvalue weighted by Crippen LogP contribution is 2.33. The van der Waals surface area contributed by atoms with Crippen LogP contribution in [0, 0.1) is 10.2 Å². The summed E-state index contributed by atoms with van der Waals surface area (Å²) in [4.78, 5) is 4.21. The molecule has 0 saturated heterocycles. The molecule has 0 fully saturated rings. The molecular formula is C35H33ClN2O5. The van der Waals surface area contributed by atoms with Gasteiger partial charge in [-0.05, 0) is 58.7 Å². The number of halogens is 1. The Hall–Kier alpha value is -4.59. The van der Waals surface area contributed by atoms with Gasteiger partial charge >= 0.3 is 0 Å². The average molecular weight is 597 g/mol. The smallest absolute Gasteiger partial charge is 0.171 e. The molecule has 5 rings (SSSR count). The summed E-state index contributed by atoms with van der Waals surface area (Å²) in [5, 5.41) is 0. The van der Waals surface area contributed by atoms with E-state index in [0.717, 1.165) is 50.5 Å². The summed E-state index contributed by atoms with van der Waals surface area (Å²) in [6.07, 6.45) is 4.18. The minimum atomic E-state index is -4.69. The van der Waals surface area contributed by atoms with E-state index in [1.807, 2.05) is 24.3 Å². The Kier molecular flexibility index (Phi) is 10.2. The fourth-order valence-electron chi connectivity index (χ4n) is 4.39. The van der Waals surface area contributed by atoms with Crippen LogP contribution in [0.25, 0.3) is 16.9 Å². The van der Waals surface area contributed by atoms with Gasteiger partial charge < -0.3 is 14.5 Å². The number of anilines is 2. The van der Waals surface area contributed by atoms with Crippen LogP contribution in [-0.2, 0) is 4.74 Å². The van der Waals surface area contributed by atoms with Crippen molar-refractivity contribution in [2.24, 2.45) is 0 Å². The predicted octanol–water partition coefficient (Wildman–Crippen LogP) is 3.76. The average Bonchev–Trinajstić information content (AvgIpc) is 3.00. The molecule has 43 heavy (non-hydrogen) atoms. The fraction of sp³-hybridized carbons (Fsp3) is 0.114. The van der Waals surface area contributed by atoms with Crippen LogP contribution in [0.1, 0.15) is 22.3 Å². The second kappa shape index (κ2) is 14.1. The molecule has 1 aliphatic rings. The zero-order chi connectivity index (χ0) is 31.0. The van der Waals surface area contributed by atoms with E-state index in [1.54, 1.807) is 0 Å². The highest BCUT2D eigenvalue weighted by molar-refractivity contribution is 5.87. The molecule has 0 aliphatic carbocycles. The maximum Gasteiger partial charge on any atom is 0.171 e. The molecule has 0 bridgehead atoms. The van der Waals surface area contributed by atoms with Crippen LogP contribution in [0.5, 0.6) is 0 Å².